The standard InChI is InChI=1S/C18H15F2N3O5/c1-11(17-21-12-6-2-3-7-13(12)22(17)18(19)20)28-16(24)10-27-15-9-5-4-8-14(15)23(25)26/h2-9,11,18H,10H2,1H3. The van der Waals surface area contributed by atoms with E-state index in [-0.39, 0.29) is 22.8 Å². The van der Waals surface area contributed by atoms with E-state index in [1.165, 1.54) is 37.3 Å². The zero-order valence-corrected chi connectivity index (χ0v) is 14.6. The van der Waals surface area contributed by atoms with Crippen molar-refractivity contribution in [3.8, 4) is 5.75 Å². The van der Waals surface area contributed by atoms with Crippen LogP contribution < -0.4 is 4.74 Å². The molecule has 3 aromatic rings. The minimum absolute atomic E-state index is 0.100. The van der Waals surface area contributed by atoms with Gasteiger partial charge < -0.3 is 9.47 Å². The Kier molecular flexibility index (Phi) is 5.48. The van der Waals surface area contributed by atoms with Gasteiger partial charge in [0.05, 0.1) is 16.0 Å². The number of ether oxygens (including phenoxy) is 2. The molecular weight excluding hydrogens is 376 g/mol. The number of alkyl halides is 2. The molecule has 0 radical (unpaired) electrons. The van der Waals surface area contributed by atoms with Gasteiger partial charge in [0.1, 0.15) is 0 Å². The Morgan fingerprint density at radius 1 is 1.21 bits per heavy atom. The van der Waals surface area contributed by atoms with Crippen LogP contribution in [0.1, 0.15) is 25.4 Å². The van der Waals surface area contributed by atoms with E-state index in [0.29, 0.717) is 10.1 Å². The van der Waals surface area contributed by atoms with Crippen molar-refractivity contribution >= 4 is 22.7 Å². The first-order chi connectivity index (χ1) is 13.4. The number of esters is 1. The van der Waals surface area contributed by atoms with Crippen LogP contribution in [0.15, 0.2) is 48.5 Å². The fraction of sp³-hybridized carbons (Fsp3) is 0.222. The molecule has 0 saturated carbocycles. The average Bonchev–Trinajstić information content (AvgIpc) is 3.06. The summed E-state index contributed by atoms with van der Waals surface area (Å²) in [5.41, 5.74) is 0.256. The highest BCUT2D eigenvalue weighted by Gasteiger charge is 2.24. The number of imidazole rings is 1. The number of hydrogen-bond donors (Lipinski definition) is 0. The van der Waals surface area contributed by atoms with Gasteiger partial charge in [-0.05, 0) is 25.1 Å². The van der Waals surface area contributed by atoms with Crippen LogP contribution in [0.4, 0.5) is 14.5 Å². The first kappa shape index (κ1) is 19.2. The number of fused-ring (bicyclic) bond motifs is 1. The van der Waals surface area contributed by atoms with Crippen molar-refractivity contribution in [3.05, 3.63) is 64.5 Å². The number of nitro benzene ring substituents is 1. The van der Waals surface area contributed by atoms with Gasteiger partial charge in [-0.2, -0.15) is 8.78 Å². The van der Waals surface area contributed by atoms with Gasteiger partial charge >= 0.3 is 18.2 Å². The molecule has 146 valence electrons. The molecule has 8 nitrogen and oxygen atoms in total. The number of nitro groups is 1. The van der Waals surface area contributed by atoms with Crippen molar-refractivity contribution in [2.24, 2.45) is 0 Å². The number of para-hydroxylation sites is 4. The molecule has 0 aliphatic carbocycles. The summed E-state index contributed by atoms with van der Waals surface area (Å²) >= 11 is 0. The summed E-state index contributed by atoms with van der Waals surface area (Å²) in [5, 5.41) is 10.9. The third-order valence-electron chi connectivity index (χ3n) is 3.90. The van der Waals surface area contributed by atoms with Gasteiger partial charge in [-0.15, -0.1) is 0 Å². The largest absolute Gasteiger partial charge is 0.475 e. The molecule has 0 spiro atoms. The molecule has 10 heteroatoms. The zero-order valence-electron chi connectivity index (χ0n) is 14.6. The van der Waals surface area contributed by atoms with Crippen molar-refractivity contribution in [3.63, 3.8) is 0 Å². The molecule has 0 fully saturated rings. The second-order valence-electron chi connectivity index (χ2n) is 5.75. The van der Waals surface area contributed by atoms with Crippen LogP contribution in [-0.4, -0.2) is 27.1 Å². The third kappa shape index (κ3) is 3.90. The summed E-state index contributed by atoms with van der Waals surface area (Å²) in [6.45, 7) is -2.08. The van der Waals surface area contributed by atoms with Crippen molar-refractivity contribution < 1.29 is 28.0 Å². The molecule has 1 unspecified atom stereocenters. The van der Waals surface area contributed by atoms with Crippen LogP contribution in [0.2, 0.25) is 0 Å². The minimum Gasteiger partial charge on any atom is -0.475 e. The summed E-state index contributed by atoms with van der Waals surface area (Å²) in [4.78, 5) is 26.5. The summed E-state index contributed by atoms with van der Waals surface area (Å²) in [7, 11) is 0. The summed E-state index contributed by atoms with van der Waals surface area (Å²) < 4.78 is 37.9. The number of carbonyl (C=O) groups is 1. The highest BCUT2D eigenvalue weighted by molar-refractivity contribution is 5.76. The zero-order chi connectivity index (χ0) is 20.3. The molecule has 2 aromatic carbocycles. The maximum Gasteiger partial charge on any atom is 0.344 e. The molecule has 1 atom stereocenters. The number of nitrogens with zero attached hydrogens (tertiary/aromatic N) is 3. The predicted molar refractivity (Wildman–Crippen MR) is 94.1 cm³/mol. The normalized spacial score (nSPS) is 12.1. The fourth-order valence-corrected chi connectivity index (χ4v) is 2.71. The molecule has 0 aliphatic heterocycles. The minimum atomic E-state index is -2.87. The van der Waals surface area contributed by atoms with E-state index >= 15 is 0 Å². The molecule has 1 aromatic heterocycles. The molecule has 0 N–H and O–H groups in total. The van der Waals surface area contributed by atoms with E-state index in [9.17, 15) is 23.7 Å². The van der Waals surface area contributed by atoms with Crippen molar-refractivity contribution in [1.29, 1.82) is 0 Å². The number of benzene rings is 2. The molecule has 0 aliphatic rings. The van der Waals surface area contributed by atoms with Crippen LogP contribution in [0.25, 0.3) is 11.0 Å². The van der Waals surface area contributed by atoms with Gasteiger partial charge in [0.15, 0.2) is 24.3 Å². The van der Waals surface area contributed by atoms with Gasteiger partial charge in [-0.3, -0.25) is 14.7 Å². The number of hydrogen-bond acceptors (Lipinski definition) is 6. The van der Waals surface area contributed by atoms with Crippen LogP contribution in [0, 0.1) is 10.1 Å². The topological polar surface area (TPSA) is 96.5 Å². The maximum absolute atomic E-state index is 13.5. The van der Waals surface area contributed by atoms with E-state index in [1.807, 2.05) is 0 Å². The quantitative estimate of drug-likeness (QED) is 0.343. The number of carbonyl (C=O) groups excluding carboxylic acids is 1. The Balaban J connectivity index is 1.72. The first-order valence-corrected chi connectivity index (χ1v) is 8.19. The van der Waals surface area contributed by atoms with Crippen LogP contribution in [0.3, 0.4) is 0 Å². The van der Waals surface area contributed by atoms with Gasteiger partial charge in [0.25, 0.3) is 0 Å². The smallest absolute Gasteiger partial charge is 0.344 e. The summed E-state index contributed by atoms with van der Waals surface area (Å²) in [6, 6.07) is 11.9. The lowest BCUT2D eigenvalue weighted by Gasteiger charge is -2.15. The van der Waals surface area contributed by atoms with Crippen LogP contribution in [0.5, 0.6) is 5.75 Å². The lowest BCUT2D eigenvalue weighted by Crippen LogP contribution is -2.19. The summed E-state index contributed by atoms with van der Waals surface area (Å²) in [6.07, 6.45) is -1.08. The van der Waals surface area contributed by atoms with Gasteiger partial charge in [0, 0.05) is 6.07 Å². The van der Waals surface area contributed by atoms with Crippen molar-refractivity contribution in [2.45, 2.75) is 19.6 Å². The average molecular weight is 391 g/mol. The van der Waals surface area contributed by atoms with Crippen LogP contribution in [-0.2, 0) is 9.53 Å². The number of halogens is 2. The Hall–Kier alpha value is -3.56. The van der Waals surface area contributed by atoms with E-state index in [2.05, 4.69) is 4.98 Å². The molecular formula is C18H15F2N3O5. The molecule has 0 amide bonds. The Labute approximate surface area is 157 Å². The number of rotatable bonds is 7. The lowest BCUT2D eigenvalue weighted by molar-refractivity contribution is -0.385. The van der Waals surface area contributed by atoms with Crippen LogP contribution >= 0.6 is 0 Å². The predicted octanol–water partition coefficient (Wildman–Crippen LogP) is 4.02. The molecule has 1 heterocycles. The molecule has 0 bridgehead atoms. The molecule has 0 saturated heterocycles. The number of aromatic nitrogens is 2. The fourth-order valence-electron chi connectivity index (χ4n) is 2.71. The van der Waals surface area contributed by atoms with E-state index < -0.39 is 30.2 Å². The second kappa shape index (κ2) is 7.99. The third-order valence-corrected chi connectivity index (χ3v) is 3.90. The van der Waals surface area contributed by atoms with E-state index in [1.54, 1.807) is 18.2 Å². The SMILES string of the molecule is CC(OC(=O)COc1ccccc1[N+](=O)[O-])c1nc2ccccc2n1C(F)F. The molecule has 3 rings (SSSR count). The highest BCUT2D eigenvalue weighted by atomic mass is 19.3. The van der Waals surface area contributed by atoms with Gasteiger partial charge in [-0.25, -0.2) is 9.78 Å². The summed E-state index contributed by atoms with van der Waals surface area (Å²) in [5.74, 6) is -1.09. The first-order valence-electron chi connectivity index (χ1n) is 8.19. The van der Waals surface area contributed by atoms with E-state index in [4.69, 9.17) is 9.47 Å². The van der Waals surface area contributed by atoms with E-state index in [0.717, 1.165) is 0 Å². The molecule has 28 heavy (non-hydrogen) atoms. The Morgan fingerprint density at radius 3 is 2.61 bits per heavy atom. The lowest BCUT2D eigenvalue weighted by atomic mass is 10.3. The van der Waals surface area contributed by atoms with Gasteiger partial charge in [0.2, 0.25) is 0 Å². The maximum atomic E-state index is 13.5. The highest BCUT2D eigenvalue weighted by Crippen LogP contribution is 2.29. The van der Waals surface area contributed by atoms with Gasteiger partial charge in [-0.1, -0.05) is 24.3 Å². The Morgan fingerprint density at radius 2 is 1.89 bits per heavy atom. The Bertz CT molecular complexity index is 1020. The second-order valence-corrected chi connectivity index (χ2v) is 5.75. The van der Waals surface area contributed by atoms with Crippen molar-refractivity contribution in [2.75, 3.05) is 6.61 Å². The monoisotopic (exact) mass is 391 g/mol. The van der Waals surface area contributed by atoms with Crippen molar-refractivity contribution in [1.82, 2.24) is 9.55 Å².